The molecular weight excluding hydrogens is 258 g/mol. The number of amides is 1. The molecule has 1 amide bonds. The SMILES string of the molecule is CC(=O)NCCCCCCOc1ccc(CS)cc1. The van der Waals surface area contributed by atoms with Gasteiger partial charge in [0, 0.05) is 19.2 Å². The largest absolute Gasteiger partial charge is 0.494 e. The van der Waals surface area contributed by atoms with E-state index in [9.17, 15) is 4.79 Å². The maximum Gasteiger partial charge on any atom is 0.216 e. The van der Waals surface area contributed by atoms with Crippen LogP contribution in [-0.4, -0.2) is 19.1 Å². The number of rotatable bonds is 9. The number of thiol groups is 1. The fraction of sp³-hybridized carbons (Fsp3) is 0.533. The molecule has 3 nitrogen and oxygen atoms in total. The topological polar surface area (TPSA) is 38.3 Å². The molecule has 1 rings (SSSR count). The minimum Gasteiger partial charge on any atom is -0.494 e. The highest BCUT2D eigenvalue weighted by Crippen LogP contribution is 2.14. The van der Waals surface area contributed by atoms with Crippen molar-refractivity contribution in [1.29, 1.82) is 0 Å². The van der Waals surface area contributed by atoms with Crippen LogP contribution in [0.3, 0.4) is 0 Å². The third-order valence-corrected chi connectivity index (χ3v) is 3.18. The van der Waals surface area contributed by atoms with E-state index >= 15 is 0 Å². The monoisotopic (exact) mass is 281 g/mol. The quantitative estimate of drug-likeness (QED) is 0.539. The smallest absolute Gasteiger partial charge is 0.216 e. The van der Waals surface area contributed by atoms with Crippen molar-refractivity contribution in [1.82, 2.24) is 5.32 Å². The van der Waals surface area contributed by atoms with E-state index in [0.717, 1.165) is 50.3 Å². The van der Waals surface area contributed by atoms with Gasteiger partial charge in [-0.1, -0.05) is 25.0 Å². The number of carbonyl (C=O) groups excluding carboxylic acids is 1. The molecule has 0 saturated heterocycles. The van der Waals surface area contributed by atoms with Crippen molar-refractivity contribution in [3.63, 3.8) is 0 Å². The summed E-state index contributed by atoms with van der Waals surface area (Å²) in [7, 11) is 0. The zero-order valence-electron chi connectivity index (χ0n) is 11.5. The Labute approximate surface area is 121 Å². The van der Waals surface area contributed by atoms with Crippen LogP contribution in [0.2, 0.25) is 0 Å². The van der Waals surface area contributed by atoms with E-state index in [0.29, 0.717) is 0 Å². The summed E-state index contributed by atoms with van der Waals surface area (Å²) in [4.78, 5) is 10.6. The molecule has 4 heteroatoms. The molecule has 1 aromatic rings. The van der Waals surface area contributed by atoms with Crippen molar-refractivity contribution >= 4 is 18.5 Å². The van der Waals surface area contributed by atoms with Gasteiger partial charge in [0.2, 0.25) is 5.91 Å². The summed E-state index contributed by atoms with van der Waals surface area (Å²) in [5.74, 6) is 1.73. The standard InChI is InChI=1S/C15H23NO2S/c1-13(17)16-10-4-2-3-5-11-18-15-8-6-14(12-19)7-9-15/h6-9,19H,2-5,10-12H2,1H3,(H,16,17). The van der Waals surface area contributed by atoms with Crippen LogP contribution in [0.1, 0.15) is 38.2 Å². The molecule has 0 spiro atoms. The predicted molar refractivity (Wildman–Crippen MR) is 81.8 cm³/mol. The van der Waals surface area contributed by atoms with Gasteiger partial charge in [0.15, 0.2) is 0 Å². The minimum atomic E-state index is 0.0491. The number of carbonyl (C=O) groups is 1. The van der Waals surface area contributed by atoms with E-state index in [1.54, 1.807) is 6.92 Å². The highest BCUT2D eigenvalue weighted by molar-refractivity contribution is 7.79. The highest BCUT2D eigenvalue weighted by Gasteiger charge is 1.96. The van der Waals surface area contributed by atoms with Gasteiger partial charge < -0.3 is 10.1 Å². The molecule has 0 heterocycles. The molecule has 0 bridgehead atoms. The van der Waals surface area contributed by atoms with E-state index in [4.69, 9.17) is 4.74 Å². The molecule has 0 aliphatic rings. The van der Waals surface area contributed by atoms with Gasteiger partial charge in [-0.05, 0) is 30.5 Å². The van der Waals surface area contributed by atoms with E-state index in [-0.39, 0.29) is 5.91 Å². The molecule has 0 aromatic heterocycles. The molecule has 1 aromatic carbocycles. The van der Waals surface area contributed by atoms with Crippen LogP contribution in [0.25, 0.3) is 0 Å². The molecule has 106 valence electrons. The zero-order valence-corrected chi connectivity index (χ0v) is 12.4. The Hall–Kier alpha value is -1.16. The second-order valence-corrected chi connectivity index (χ2v) is 4.86. The third kappa shape index (κ3) is 7.78. The average Bonchev–Trinajstić information content (AvgIpc) is 2.42. The fourth-order valence-corrected chi connectivity index (χ4v) is 1.94. The Morgan fingerprint density at radius 1 is 1.16 bits per heavy atom. The van der Waals surface area contributed by atoms with E-state index in [1.807, 2.05) is 24.3 Å². The van der Waals surface area contributed by atoms with Gasteiger partial charge in [0.05, 0.1) is 6.61 Å². The van der Waals surface area contributed by atoms with Crippen molar-refractivity contribution in [2.75, 3.05) is 13.2 Å². The first-order valence-electron chi connectivity index (χ1n) is 6.79. The maximum absolute atomic E-state index is 10.6. The van der Waals surface area contributed by atoms with Gasteiger partial charge in [0.25, 0.3) is 0 Å². The lowest BCUT2D eigenvalue weighted by Crippen LogP contribution is -2.20. The Kier molecular flexibility index (Phi) is 8.14. The summed E-state index contributed by atoms with van der Waals surface area (Å²) in [6, 6.07) is 8.05. The van der Waals surface area contributed by atoms with Gasteiger partial charge in [-0.3, -0.25) is 4.79 Å². The molecule has 0 fully saturated rings. The summed E-state index contributed by atoms with van der Waals surface area (Å²) in [5.41, 5.74) is 1.20. The summed E-state index contributed by atoms with van der Waals surface area (Å²) in [6.45, 7) is 3.08. The fourth-order valence-electron chi connectivity index (χ4n) is 1.73. The molecule has 1 N–H and O–H groups in total. The first-order valence-corrected chi connectivity index (χ1v) is 7.42. The summed E-state index contributed by atoms with van der Waals surface area (Å²) >= 11 is 4.22. The number of hydrogen-bond acceptors (Lipinski definition) is 3. The minimum absolute atomic E-state index is 0.0491. The summed E-state index contributed by atoms with van der Waals surface area (Å²) in [5, 5.41) is 2.80. The lowest BCUT2D eigenvalue weighted by Gasteiger charge is -2.07. The Morgan fingerprint density at radius 3 is 2.47 bits per heavy atom. The molecule has 0 unspecified atom stereocenters. The zero-order chi connectivity index (χ0) is 13.9. The second kappa shape index (κ2) is 9.73. The van der Waals surface area contributed by atoms with Crippen LogP contribution in [-0.2, 0) is 10.5 Å². The van der Waals surface area contributed by atoms with Gasteiger partial charge in [0.1, 0.15) is 5.75 Å². The average molecular weight is 281 g/mol. The van der Waals surface area contributed by atoms with Crippen LogP contribution >= 0.6 is 12.6 Å². The molecule has 0 aliphatic heterocycles. The summed E-state index contributed by atoms with van der Waals surface area (Å²) in [6.07, 6.45) is 4.35. The molecule has 0 atom stereocenters. The maximum atomic E-state index is 10.6. The Bertz CT molecular complexity index is 365. The first-order chi connectivity index (χ1) is 9.22. The van der Waals surface area contributed by atoms with Crippen LogP contribution in [0, 0.1) is 0 Å². The van der Waals surface area contributed by atoms with Crippen molar-refractivity contribution in [3.8, 4) is 5.75 Å². The van der Waals surface area contributed by atoms with Crippen LogP contribution in [0.5, 0.6) is 5.75 Å². The number of unbranched alkanes of at least 4 members (excludes halogenated alkanes) is 3. The number of ether oxygens (including phenoxy) is 1. The van der Waals surface area contributed by atoms with Gasteiger partial charge >= 0.3 is 0 Å². The molecule has 0 aliphatic carbocycles. The number of benzene rings is 1. The lowest BCUT2D eigenvalue weighted by atomic mass is 10.2. The molecule has 0 saturated carbocycles. The lowest BCUT2D eigenvalue weighted by molar-refractivity contribution is -0.118. The van der Waals surface area contributed by atoms with Crippen molar-refractivity contribution in [2.45, 2.75) is 38.4 Å². The number of hydrogen-bond donors (Lipinski definition) is 2. The van der Waals surface area contributed by atoms with Gasteiger partial charge in [-0.2, -0.15) is 12.6 Å². The predicted octanol–water partition coefficient (Wildman–Crippen LogP) is 3.19. The summed E-state index contributed by atoms with van der Waals surface area (Å²) < 4.78 is 5.66. The van der Waals surface area contributed by atoms with Crippen LogP contribution < -0.4 is 10.1 Å². The highest BCUT2D eigenvalue weighted by atomic mass is 32.1. The van der Waals surface area contributed by atoms with Gasteiger partial charge in [-0.25, -0.2) is 0 Å². The molecule has 19 heavy (non-hydrogen) atoms. The normalized spacial score (nSPS) is 10.2. The second-order valence-electron chi connectivity index (χ2n) is 4.55. The molecule has 0 radical (unpaired) electrons. The van der Waals surface area contributed by atoms with E-state index in [1.165, 1.54) is 5.56 Å². The van der Waals surface area contributed by atoms with Crippen LogP contribution in [0.4, 0.5) is 0 Å². The van der Waals surface area contributed by atoms with Crippen LogP contribution in [0.15, 0.2) is 24.3 Å². The van der Waals surface area contributed by atoms with E-state index in [2.05, 4.69) is 17.9 Å². The third-order valence-electron chi connectivity index (χ3n) is 2.82. The number of nitrogens with one attached hydrogen (secondary N) is 1. The van der Waals surface area contributed by atoms with Crippen molar-refractivity contribution in [2.24, 2.45) is 0 Å². The van der Waals surface area contributed by atoms with E-state index < -0.39 is 0 Å². The first kappa shape index (κ1) is 15.9. The Morgan fingerprint density at radius 2 is 1.84 bits per heavy atom. The molecular formula is C15H23NO2S. The van der Waals surface area contributed by atoms with Gasteiger partial charge in [-0.15, -0.1) is 0 Å². The van der Waals surface area contributed by atoms with Crippen molar-refractivity contribution in [3.05, 3.63) is 29.8 Å². The Balaban J connectivity index is 1.99. The van der Waals surface area contributed by atoms with Crippen molar-refractivity contribution < 1.29 is 9.53 Å².